The molecule has 0 radical (unpaired) electrons. The number of nitrogens with zero attached hydrogens (tertiary/aromatic N) is 1. The number of hydrogen-bond donors (Lipinski definition) is 1. The van der Waals surface area contributed by atoms with E-state index in [0.717, 1.165) is 12.8 Å². The lowest BCUT2D eigenvalue weighted by molar-refractivity contribution is -0.132. The van der Waals surface area contributed by atoms with E-state index in [4.69, 9.17) is 4.74 Å². The van der Waals surface area contributed by atoms with Crippen LogP contribution in [0.3, 0.4) is 0 Å². The van der Waals surface area contributed by atoms with Gasteiger partial charge in [0.05, 0.1) is 0 Å². The molecule has 0 unspecified atom stereocenters. The molecule has 18 heavy (non-hydrogen) atoms. The fraction of sp³-hybridized carbons (Fsp3) is 0.846. The molecule has 2 atom stereocenters. The SMILES string of the molecule is CN(C)C(=O)[C@@H]1CC[C@@H](NC(=O)OC(C)(C)C)C1. The lowest BCUT2D eigenvalue weighted by atomic mass is 10.1. The molecule has 0 aliphatic heterocycles. The Morgan fingerprint density at radius 3 is 2.33 bits per heavy atom. The number of amides is 2. The van der Waals surface area contributed by atoms with Crippen molar-refractivity contribution in [2.75, 3.05) is 14.1 Å². The van der Waals surface area contributed by atoms with E-state index in [1.807, 2.05) is 20.8 Å². The van der Waals surface area contributed by atoms with Gasteiger partial charge in [-0.1, -0.05) is 0 Å². The normalized spacial score (nSPS) is 23.6. The Labute approximate surface area is 109 Å². The van der Waals surface area contributed by atoms with Crippen LogP contribution in [0.5, 0.6) is 0 Å². The van der Waals surface area contributed by atoms with Gasteiger partial charge in [-0.05, 0) is 40.0 Å². The lowest BCUT2D eigenvalue weighted by Gasteiger charge is -2.22. The fourth-order valence-corrected chi connectivity index (χ4v) is 2.18. The summed E-state index contributed by atoms with van der Waals surface area (Å²) in [5.41, 5.74) is -0.485. The zero-order valence-corrected chi connectivity index (χ0v) is 11.9. The molecule has 0 bridgehead atoms. The predicted octanol–water partition coefficient (Wildman–Crippen LogP) is 1.77. The molecule has 1 rings (SSSR count). The molecule has 104 valence electrons. The van der Waals surface area contributed by atoms with Crippen LogP contribution in [0, 0.1) is 5.92 Å². The molecule has 0 aromatic heterocycles. The Morgan fingerprint density at radius 2 is 1.83 bits per heavy atom. The molecule has 5 nitrogen and oxygen atoms in total. The van der Waals surface area contributed by atoms with E-state index in [2.05, 4.69) is 5.32 Å². The molecular formula is C13H24N2O3. The highest BCUT2D eigenvalue weighted by Crippen LogP contribution is 2.27. The molecule has 0 saturated heterocycles. The van der Waals surface area contributed by atoms with Gasteiger partial charge >= 0.3 is 6.09 Å². The van der Waals surface area contributed by atoms with Gasteiger partial charge in [0.2, 0.25) is 5.91 Å². The third-order valence-corrected chi connectivity index (χ3v) is 2.94. The van der Waals surface area contributed by atoms with Gasteiger partial charge in [-0.3, -0.25) is 4.79 Å². The Kier molecular flexibility index (Phi) is 4.59. The van der Waals surface area contributed by atoms with Crippen LogP contribution in [0.1, 0.15) is 40.0 Å². The van der Waals surface area contributed by atoms with Crippen LogP contribution in [-0.2, 0) is 9.53 Å². The van der Waals surface area contributed by atoms with Gasteiger partial charge in [-0.15, -0.1) is 0 Å². The van der Waals surface area contributed by atoms with Crippen LogP contribution in [0.15, 0.2) is 0 Å². The summed E-state index contributed by atoms with van der Waals surface area (Å²) in [6.07, 6.45) is 1.97. The third-order valence-electron chi connectivity index (χ3n) is 2.94. The van der Waals surface area contributed by atoms with Gasteiger partial charge in [0, 0.05) is 26.1 Å². The molecule has 5 heteroatoms. The molecule has 1 N–H and O–H groups in total. The van der Waals surface area contributed by atoms with Crippen LogP contribution in [-0.4, -0.2) is 42.6 Å². The van der Waals surface area contributed by atoms with Crippen LogP contribution < -0.4 is 5.32 Å². The monoisotopic (exact) mass is 256 g/mol. The molecule has 0 spiro atoms. The quantitative estimate of drug-likeness (QED) is 0.819. The van der Waals surface area contributed by atoms with Crippen molar-refractivity contribution in [3.63, 3.8) is 0 Å². The highest BCUT2D eigenvalue weighted by Gasteiger charge is 2.32. The third kappa shape index (κ3) is 4.55. The standard InChI is InChI=1S/C13H24N2O3/c1-13(2,3)18-12(17)14-10-7-6-9(8-10)11(16)15(4)5/h9-10H,6-8H2,1-5H3,(H,14,17)/t9-,10-/m1/s1. The summed E-state index contributed by atoms with van der Waals surface area (Å²) in [6, 6.07) is 0.0498. The van der Waals surface area contributed by atoms with Crippen molar-refractivity contribution >= 4 is 12.0 Å². The van der Waals surface area contributed by atoms with Crippen LogP contribution in [0.4, 0.5) is 4.79 Å². The van der Waals surface area contributed by atoms with E-state index in [1.165, 1.54) is 0 Å². The van der Waals surface area contributed by atoms with E-state index in [1.54, 1.807) is 19.0 Å². The summed E-state index contributed by atoms with van der Waals surface area (Å²) in [5, 5.41) is 2.83. The molecule has 1 aliphatic rings. The van der Waals surface area contributed by atoms with Gasteiger partial charge in [0.1, 0.15) is 5.60 Å². The number of ether oxygens (including phenoxy) is 1. The van der Waals surface area contributed by atoms with Gasteiger partial charge in [-0.25, -0.2) is 4.79 Å². The van der Waals surface area contributed by atoms with Crippen molar-refractivity contribution < 1.29 is 14.3 Å². The maximum atomic E-state index is 11.8. The number of carbonyl (C=O) groups is 2. The van der Waals surface area contributed by atoms with Crippen molar-refractivity contribution in [3.05, 3.63) is 0 Å². The molecule has 1 fully saturated rings. The van der Waals surface area contributed by atoms with Gasteiger partial charge < -0.3 is 15.0 Å². The zero-order chi connectivity index (χ0) is 13.9. The van der Waals surface area contributed by atoms with E-state index in [-0.39, 0.29) is 17.9 Å². The van der Waals surface area contributed by atoms with Gasteiger partial charge in [0.25, 0.3) is 0 Å². The minimum Gasteiger partial charge on any atom is -0.444 e. The Balaban J connectivity index is 2.39. The minimum atomic E-state index is -0.485. The highest BCUT2D eigenvalue weighted by molar-refractivity contribution is 5.78. The number of nitrogens with one attached hydrogen (secondary N) is 1. The number of rotatable bonds is 2. The first-order valence-electron chi connectivity index (χ1n) is 6.39. The maximum Gasteiger partial charge on any atom is 0.407 e. The van der Waals surface area contributed by atoms with Crippen molar-refractivity contribution in [2.24, 2.45) is 5.92 Å². The van der Waals surface area contributed by atoms with Gasteiger partial charge in [0.15, 0.2) is 0 Å². The number of alkyl carbamates (subject to hydrolysis) is 1. The molecule has 1 saturated carbocycles. The highest BCUT2D eigenvalue weighted by atomic mass is 16.6. The summed E-state index contributed by atoms with van der Waals surface area (Å²) in [6.45, 7) is 5.50. The summed E-state index contributed by atoms with van der Waals surface area (Å²) >= 11 is 0. The molecular weight excluding hydrogens is 232 g/mol. The Morgan fingerprint density at radius 1 is 1.22 bits per heavy atom. The second-order valence-electron chi connectivity index (χ2n) is 6.09. The summed E-state index contributed by atoms with van der Waals surface area (Å²) in [5.74, 6) is 0.170. The number of hydrogen-bond acceptors (Lipinski definition) is 3. The van der Waals surface area contributed by atoms with Crippen molar-refractivity contribution in [2.45, 2.75) is 51.7 Å². The van der Waals surface area contributed by atoms with Crippen molar-refractivity contribution in [1.82, 2.24) is 10.2 Å². The van der Waals surface area contributed by atoms with Gasteiger partial charge in [-0.2, -0.15) is 0 Å². The molecule has 0 aromatic rings. The Bertz CT molecular complexity index is 321. The first-order chi connectivity index (χ1) is 8.19. The summed E-state index contributed by atoms with van der Waals surface area (Å²) < 4.78 is 5.20. The van der Waals surface area contributed by atoms with E-state index in [9.17, 15) is 9.59 Å². The van der Waals surface area contributed by atoms with Crippen LogP contribution in [0.2, 0.25) is 0 Å². The average Bonchev–Trinajstić information content (AvgIpc) is 2.61. The van der Waals surface area contributed by atoms with Crippen molar-refractivity contribution in [1.29, 1.82) is 0 Å². The topological polar surface area (TPSA) is 58.6 Å². The fourth-order valence-electron chi connectivity index (χ4n) is 2.18. The van der Waals surface area contributed by atoms with Crippen LogP contribution >= 0.6 is 0 Å². The lowest BCUT2D eigenvalue weighted by Crippen LogP contribution is -2.38. The average molecular weight is 256 g/mol. The molecule has 0 aromatic carbocycles. The van der Waals surface area contributed by atoms with Crippen LogP contribution in [0.25, 0.3) is 0 Å². The smallest absolute Gasteiger partial charge is 0.407 e. The van der Waals surface area contributed by atoms with E-state index < -0.39 is 11.7 Å². The molecule has 1 aliphatic carbocycles. The Hall–Kier alpha value is -1.26. The van der Waals surface area contributed by atoms with Crippen molar-refractivity contribution in [3.8, 4) is 0 Å². The summed E-state index contributed by atoms with van der Waals surface area (Å²) in [7, 11) is 3.52. The number of carbonyl (C=O) groups excluding carboxylic acids is 2. The molecule has 0 heterocycles. The maximum absolute atomic E-state index is 11.8. The first-order valence-corrected chi connectivity index (χ1v) is 6.39. The molecule has 2 amide bonds. The predicted molar refractivity (Wildman–Crippen MR) is 69.2 cm³/mol. The van der Waals surface area contributed by atoms with E-state index >= 15 is 0 Å². The first kappa shape index (κ1) is 14.8. The summed E-state index contributed by atoms with van der Waals surface area (Å²) in [4.78, 5) is 25.0. The van der Waals surface area contributed by atoms with E-state index in [0.29, 0.717) is 6.42 Å². The zero-order valence-electron chi connectivity index (χ0n) is 11.9. The second-order valence-corrected chi connectivity index (χ2v) is 6.09. The minimum absolute atomic E-state index is 0.0277. The second kappa shape index (κ2) is 5.59. The largest absolute Gasteiger partial charge is 0.444 e.